The van der Waals surface area contributed by atoms with Crippen LogP contribution in [0.1, 0.15) is 22.8 Å². The Morgan fingerprint density at radius 1 is 0.931 bits per heavy atom. The largest absolute Gasteiger partial charge is 0.491 e. The molecule has 0 radical (unpaired) electrons. The standard InChI is InChI=1S/C24H24O4S/c1-18-9-8-10-19-15-21(16-27-20-11-4-2-5-12-20)28-23(24(18)19)17-29(25,26)22-13-6-3-7-14-22/h2-14,21,23H,15-17H2,1H3/t21?,23-/m1/s1. The van der Waals surface area contributed by atoms with Crippen molar-refractivity contribution in [1.82, 2.24) is 0 Å². The third-order valence-electron chi connectivity index (χ3n) is 5.19. The summed E-state index contributed by atoms with van der Waals surface area (Å²) in [6.45, 7) is 2.38. The molecule has 2 atom stereocenters. The third-order valence-corrected chi connectivity index (χ3v) is 6.92. The van der Waals surface area contributed by atoms with Gasteiger partial charge in [0.05, 0.1) is 22.9 Å². The normalized spacial score (nSPS) is 18.8. The van der Waals surface area contributed by atoms with Crippen molar-refractivity contribution in [2.75, 3.05) is 12.4 Å². The van der Waals surface area contributed by atoms with Crippen LogP contribution in [0.5, 0.6) is 5.75 Å². The van der Waals surface area contributed by atoms with Crippen molar-refractivity contribution < 1.29 is 17.9 Å². The Kier molecular flexibility index (Phi) is 5.69. The highest BCUT2D eigenvalue weighted by molar-refractivity contribution is 7.91. The summed E-state index contributed by atoms with van der Waals surface area (Å²) < 4.78 is 38.1. The molecule has 0 saturated carbocycles. The monoisotopic (exact) mass is 408 g/mol. The van der Waals surface area contributed by atoms with Gasteiger partial charge in [0.2, 0.25) is 0 Å². The molecule has 5 heteroatoms. The van der Waals surface area contributed by atoms with E-state index in [0.29, 0.717) is 17.9 Å². The second-order valence-electron chi connectivity index (χ2n) is 7.32. The summed E-state index contributed by atoms with van der Waals surface area (Å²) >= 11 is 0. The number of sulfone groups is 1. The summed E-state index contributed by atoms with van der Waals surface area (Å²) in [6.07, 6.45) is -0.0267. The molecule has 0 fully saturated rings. The molecule has 4 nitrogen and oxygen atoms in total. The van der Waals surface area contributed by atoms with Gasteiger partial charge in [-0.1, -0.05) is 54.6 Å². The Morgan fingerprint density at radius 2 is 1.62 bits per heavy atom. The zero-order valence-electron chi connectivity index (χ0n) is 16.3. The van der Waals surface area contributed by atoms with Crippen LogP contribution in [0.25, 0.3) is 0 Å². The maximum absolute atomic E-state index is 13.0. The molecular weight excluding hydrogens is 384 g/mol. The molecule has 1 unspecified atom stereocenters. The minimum atomic E-state index is -3.48. The van der Waals surface area contributed by atoms with Crippen molar-refractivity contribution in [1.29, 1.82) is 0 Å². The average molecular weight is 409 g/mol. The Morgan fingerprint density at radius 3 is 2.34 bits per heavy atom. The van der Waals surface area contributed by atoms with E-state index in [1.165, 1.54) is 0 Å². The minimum absolute atomic E-state index is 0.0866. The van der Waals surface area contributed by atoms with Crippen molar-refractivity contribution in [3.05, 3.63) is 95.6 Å². The lowest BCUT2D eigenvalue weighted by atomic mass is 9.91. The second kappa shape index (κ2) is 8.39. The predicted molar refractivity (Wildman–Crippen MR) is 113 cm³/mol. The smallest absolute Gasteiger partial charge is 0.181 e. The first-order valence-electron chi connectivity index (χ1n) is 9.72. The van der Waals surface area contributed by atoms with E-state index in [-0.39, 0.29) is 11.9 Å². The summed E-state index contributed by atoms with van der Waals surface area (Å²) in [7, 11) is -3.48. The van der Waals surface area contributed by atoms with E-state index in [0.717, 1.165) is 22.4 Å². The Balaban J connectivity index is 1.58. The fraction of sp³-hybridized carbons (Fsp3) is 0.250. The van der Waals surface area contributed by atoms with Gasteiger partial charge in [0.25, 0.3) is 0 Å². The maximum Gasteiger partial charge on any atom is 0.181 e. The van der Waals surface area contributed by atoms with E-state index < -0.39 is 15.9 Å². The summed E-state index contributed by atoms with van der Waals surface area (Å²) in [5.74, 6) is 0.691. The summed E-state index contributed by atoms with van der Waals surface area (Å²) in [5, 5.41) is 0. The van der Waals surface area contributed by atoms with Gasteiger partial charge in [-0.05, 0) is 47.9 Å². The molecule has 4 rings (SSSR count). The van der Waals surface area contributed by atoms with Crippen LogP contribution in [0.2, 0.25) is 0 Å². The van der Waals surface area contributed by atoms with Crippen molar-refractivity contribution >= 4 is 9.84 Å². The zero-order valence-corrected chi connectivity index (χ0v) is 17.1. The molecule has 29 heavy (non-hydrogen) atoms. The third kappa shape index (κ3) is 4.52. The summed E-state index contributed by atoms with van der Waals surface area (Å²) in [4.78, 5) is 0.321. The molecule has 1 aliphatic heterocycles. The number of hydrogen-bond donors (Lipinski definition) is 0. The lowest BCUT2D eigenvalue weighted by Gasteiger charge is -2.33. The van der Waals surface area contributed by atoms with Gasteiger partial charge in [-0.3, -0.25) is 0 Å². The lowest BCUT2D eigenvalue weighted by Crippen LogP contribution is -2.34. The number of ether oxygens (including phenoxy) is 2. The lowest BCUT2D eigenvalue weighted by molar-refractivity contribution is -0.0361. The molecule has 1 aliphatic rings. The number of benzene rings is 3. The highest BCUT2D eigenvalue weighted by atomic mass is 32.2. The van der Waals surface area contributed by atoms with Gasteiger partial charge in [-0.2, -0.15) is 0 Å². The Hall–Kier alpha value is -2.63. The van der Waals surface area contributed by atoms with E-state index in [4.69, 9.17) is 9.47 Å². The van der Waals surface area contributed by atoms with Crippen LogP contribution in [0.4, 0.5) is 0 Å². The quantitative estimate of drug-likeness (QED) is 0.601. The molecule has 0 spiro atoms. The first kappa shape index (κ1) is 19.7. The topological polar surface area (TPSA) is 52.6 Å². The van der Waals surface area contributed by atoms with Crippen LogP contribution >= 0.6 is 0 Å². The molecule has 0 aliphatic carbocycles. The van der Waals surface area contributed by atoms with Crippen molar-refractivity contribution in [3.8, 4) is 5.75 Å². The number of hydrogen-bond acceptors (Lipinski definition) is 4. The van der Waals surface area contributed by atoms with Crippen LogP contribution in [-0.4, -0.2) is 26.9 Å². The Bertz CT molecular complexity index is 1060. The molecule has 1 heterocycles. The molecular formula is C24H24O4S. The number of rotatable bonds is 6. The fourth-order valence-electron chi connectivity index (χ4n) is 3.82. The highest BCUT2D eigenvalue weighted by Crippen LogP contribution is 2.35. The van der Waals surface area contributed by atoms with Crippen LogP contribution in [0, 0.1) is 6.92 Å². The van der Waals surface area contributed by atoms with Crippen LogP contribution in [-0.2, 0) is 21.0 Å². The summed E-state index contributed by atoms with van der Waals surface area (Å²) in [5.41, 5.74) is 3.17. The van der Waals surface area contributed by atoms with E-state index in [1.54, 1.807) is 24.3 Å². The van der Waals surface area contributed by atoms with Gasteiger partial charge < -0.3 is 9.47 Å². The number of fused-ring (bicyclic) bond motifs is 1. The first-order chi connectivity index (χ1) is 14.0. The molecule has 150 valence electrons. The van der Waals surface area contributed by atoms with Crippen molar-refractivity contribution in [2.45, 2.75) is 30.4 Å². The molecule has 3 aromatic carbocycles. The maximum atomic E-state index is 13.0. The van der Waals surface area contributed by atoms with Gasteiger partial charge in [0, 0.05) is 6.42 Å². The van der Waals surface area contributed by atoms with Gasteiger partial charge in [0.1, 0.15) is 12.4 Å². The van der Waals surface area contributed by atoms with Crippen LogP contribution in [0.3, 0.4) is 0 Å². The zero-order chi connectivity index (χ0) is 20.3. The van der Waals surface area contributed by atoms with Gasteiger partial charge in [-0.25, -0.2) is 8.42 Å². The van der Waals surface area contributed by atoms with Crippen LogP contribution < -0.4 is 4.74 Å². The van der Waals surface area contributed by atoms with Crippen molar-refractivity contribution in [2.24, 2.45) is 0 Å². The number of aryl methyl sites for hydroxylation is 1. The van der Waals surface area contributed by atoms with Crippen LogP contribution in [0.15, 0.2) is 83.8 Å². The average Bonchev–Trinajstić information content (AvgIpc) is 2.73. The Labute approximate surface area is 172 Å². The van der Waals surface area contributed by atoms with Gasteiger partial charge in [0.15, 0.2) is 9.84 Å². The summed E-state index contributed by atoms with van der Waals surface area (Å²) in [6, 6.07) is 24.2. The van der Waals surface area contributed by atoms with Gasteiger partial charge >= 0.3 is 0 Å². The molecule has 3 aromatic rings. The molecule has 0 aromatic heterocycles. The van der Waals surface area contributed by atoms with E-state index in [2.05, 4.69) is 6.07 Å². The molecule has 0 bridgehead atoms. The minimum Gasteiger partial charge on any atom is -0.491 e. The molecule has 0 N–H and O–H groups in total. The van der Waals surface area contributed by atoms with E-state index in [1.807, 2.05) is 55.5 Å². The molecule has 0 amide bonds. The first-order valence-corrected chi connectivity index (χ1v) is 11.4. The predicted octanol–water partition coefficient (Wildman–Crippen LogP) is 4.53. The fourth-order valence-corrected chi connectivity index (χ4v) is 5.23. The molecule has 0 saturated heterocycles. The highest BCUT2D eigenvalue weighted by Gasteiger charge is 2.33. The second-order valence-corrected chi connectivity index (χ2v) is 9.35. The van der Waals surface area contributed by atoms with Gasteiger partial charge in [-0.15, -0.1) is 0 Å². The van der Waals surface area contributed by atoms with Crippen molar-refractivity contribution in [3.63, 3.8) is 0 Å². The number of para-hydroxylation sites is 1. The van der Waals surface area contributed by atoms with E-state index >= 15 is 0 Å². The SMILES string of the molecule is Cc1cccc2c1[C@@H](CS(=O)(=O)c1ccccc1)OC(COc1ccccc1)C2. The van der Waals surface area contributed by atoms with E-state index in [9.17, 15) is 8.42 Å².